The van der Waals surface area contributed by atoms with E-state index in [1.807, 2.05) is 41.9 Å². The quantitative estimate of drug-likeness (QED) is 0.699. The number of carbonyl (C=O) groups is 1. The van der Waals surface area contributed by atoms with Crippen molar-refractivity contribution in [1.29, 1.82) is 5.41 Å². The Hall–Kier alpha value is -2.18. The highest BCUT2D eigenvalue weighted by atomic mass is 32.2. The molecule has 22 heavy (non-hydrogen) atoms. The molecule has 1 saturated heterocycles. The van der Waals surface area contributed by atoms with E-state index in [-0.39, 0.29) is 5.78 Å². The first-order valence-corrected chi connectivity index (χ1v) is 8.41. The summed E-state index contributed by atoms with van der Waals surface area (Å²) in [6, 6.07) is 7.97. The molecule has 0 bridgehead atoms. The number of hydrogen-bond acceptors (Lipinski definition) is 5. The molecule has 0 spiro atoms. The maximum atomic E-state index is 12.6. The van der Waals surface area contributed by atoms with Crippen molar-refractivity contribution in [1.82, 2.24) is 9.97 Å². The van der Waals surface area contributed by atoms with Crippen molar-refractivity contribution >= 4 is 50.9 Å². The Kier molecular flexibility index (Phi) is 3.20. The Morgan fingerprint density at radius 2 is 2.18 bits per heavy atom. The topological polar surface area (TPSA) is 69.6 Å². The van der Waals surface area contributed by atoms with Crippen LogP contribution in [0.1, 0.15) is 16.5 Å². The van der Waals surface area contributed by atoms with Gasteiger partial charge in [-0.05, 0) is 12.1 Å². The maximum Gasteiger partial charge on any atom is 0.186 e. The molecule has 1 aliphatic heterocycles. The number of nitrogens with zero attached hydrogens (tertiary/aromatic N) is 1. The third-order valence-electron chi connectivity index (χ3n) is 3.59. The van der Waals surface area contributed by atoms with Crippen LogP contribution in [0.3, 0.4) is 0 Å². The molecule has 108 valence electrons. The monoisotopic (exact) mass is 325 g/mol. The number of carbonyl (C=O) groups excluding carboxylic acids is 1. The summed E-state index contributed by atoms with van der Waals surface area (Å²) in [5.74, 6) is -0.559. The largest absolute Gasteiger partial charge is 0.361 e. The van der Waals surface area contributed by atoms with Gasteiger partial charge >= 0.3 is 0 Å². The highest BCUT2D eigenvalue weighted by Crippen LogP contribution is 2.41. The molecule has 1 aliphatic rings. The van der Waals surface area contributed by atoms with Gasteiger partial charge in [-0.15, -0.1) is 11.3 Å². The summed E-state index contributed by atoms with van der Waals surface area (Å²) < 4.78 is 0. The highest BCUT2D eigenvalue weighted by Gasteiger charge is 2.38. The molecular weight excluding hydrogens is 314 g/mol. The van der Waals surface area contributed by atoms with Crippen molar-refractivity contribution < 1.29 is 4.79 Å². The van der Waals surface area contributed by atoms with Gasteiger partial charge in [0.25, 0.3) is 0 Å². The minimum Gasteiger partial charge on any atom is -0.361 e. The van der Waals surface area contributed by atoms with E-state index >= 15 is 0 Å². The first-order valence-electron chi connectivity index (χ1n) is 6.72. The molecule has 4 nitrogen and oxygen atoms in total. The van der Waals surface area contributed by atoms with E-state index < -0.39 is 5.92 Å². The molecule has 1 atom stereocenters. The lowest BCUT2D eigenvalue weighted by molar-refractivity contribution is -0.114. The van der Waals surface area contributed by atoms with E-state index in [1.165, 1.54) is 23.1 Å². The molecule has 1 aromatic carbocycles. The van der Waals surface area contributed by atoms with Gasteiger partial charge in [-0.2, -0.15) is 0 Å². The smallest absolute Gasteiger partial charge is 0.186 e. The lowest BCUT2D eigenvalue weighted by Gasteiger charge is -2.01. The SMILES string of the molecule is N=C1SC(=Cc2c[nH]c3ccccc23)C(=O)C1c1nccs1. The van der Waals surface area contributed by atoms with Gasteiger partial charge < -0.3 is 4.98 Å². The molecule has 0 saturated carbocycles. The van der Waals surface area contributed by atoms with Gasteiger partial charge in [-0.25, -0.2) is 4.98 Å². The van der Waals surface area contributed by atoms with Crippen LogP contribution >= 0.6 is 23.1 Å². The molecule has 1 fully saturated rings. The Labute approximate surface area is 134 Å². The normalized spacial score (nSPS) is 20.4. The molecule has 2 aromatic heterocycles. The number of nitrogens with one attached hydrogen (secondary N) is 2. The van der Waals surface area contributed by atoms with E-state index in [0.29, 0.717) is 15.0 Å². The first kappa shape index (κ1) is 13.5. The van der Waals surface area contributed by atoms with Crippen molar-refractivity contribution in [2.24, 2.45) is 0 Å². The van der Waals surface area contributed by atoms with Crippen molar-refractivity contribution in [2.75, 3.05) is 0 Å². The van der Waals surface area contributed by atoms with Crippen LogP contribution in [-0.4, -0.2) is 20.8 Å². The Bertz CT molecular complexity index is 909. The highest BCUT2D eigenvalue weighted by molar-refractivity contribution is 8.19. The van der Waals surface area contributed by atoms with Crippen LogP contribution in [0.4, 0.5) is 0 Å². The third kappa shape index (κ3) is 2.12. The van der Waals surface area contributed by atoms with Gasteiger partial charge in [0.2, 0.25) is 0 Å². The molecular formula is C16H11N3OS2. The number of ketones is 1. The van der Waals surface area contributed by atoms with Crippen LogP contribution in [0, 0.1) is 5.41 Å². The van der Waals surface area contributed by atoms with Crippen molar-refractivity contribution in [3.63, 3.8) is 0 Å². The van der Waals surface area contributed by atoms with E-state index in [0.717, 1.165) is 16.5 Å². The van der Waals surface area contributed by atoms with Crippen LogP contribution in [0.15, 0.2) is 46.9 Å². The van der Waals surface area contributed by atoms with Crippen molar-refractivity contribution in [3.05, 3.63) is 57.5 Å². The molecule has 0 aliphatic carbocycles. The van der Waals surface area contributed by atoms with Gasteiger partial charge in [0, 0.05) is 34.2 Å². The fourth-order valence-corrected chi connectivity index (χ4v) is 4.34. The average Bonchev–Trinajstić information content (AvgIpc) is 3.22. The summed E-state index contributed by atoms with van der Waals surface area (Å²) in [5.41, 5.74) is 2.01. The molecule has 0 radical (unpaired) electrons. The number of benzene rings is 1. The number of thiazole rings is 1. The second-order valence-electron chi connectivity index (χ2n) is 4.93. The van der Waals surface area contributed by atoms with E-state index in [2.05, 4.69) is 9.97 Å². The Morgan fingerprint density at radius 1 is 1.32 bits per heavy atom. The predicted octanol–water partition coefficient (Wildman–Crippen LogP) is 4.04. The van der Waals surface area contributed by atoms with E-state index in [4.69, 9.17) is 5.41 Å². The summed E-state index contributed by atoms with van der Waals surface area (Å²) in [5, 5.41) is 12.1. The lowest BCUT2D eigenvalue weighted by atomic mass is 10.0. The fraction of sp³-hybridized carbons (Fsp3) is 0.0625. The zero-order chi connectivity index (χ0) is 15.1. The van der Waals surface area contributed by atoms with Crippen LogP contribution in [-0.2, 0) is 4.79 Å². The lowest BCUT2D eigenvalue weighted by Crippen LogP contribution is -2.11. The summed E-state index contributed by atoms with van der Waals surface area (Å²) in [7, 11) is 0. The number of rotatable bonds is 2. The molecule has 3 aromatic rings. The van der Waals surface area contributed by atoms with Crippen molar-refractivity contribution in [2.45, 2.75) is 5.92 Å². The average molecular weight is 325 g/mol. The zero-order valence-electron chi connectivity index (χ0n) is 11.4. The number of aromatic amines is 1. The van der Waals surface area contributed by atoms with Crippen molar-refractivity contribution in [3.8, 4) is 0 Å². The fourth-order valence-electron chi connectivity index (χ4n) is 2.55. The Morgan fingerprint density at radius 3 is 3.00 bits per heavy atom. The van der Waals surface area contributed by atoms with E-state index in [9.17, 15) is 4.79 Å². The van der Waals surface area contributed by atoms with Gasteiger partial charge in [0.15, 0.2) is 5.78 Å². The minimum absolute atomic E-state index is 0.0322. The summed E-state index contributed by atoms with van der Waals surface area (Å²) in [6.07, 6.45) is 5.44. The summed E-state index contributed by atoms with van der Waals surface area (Å²) in [6.45, 7) is 0. The van der Waals surface area contributed by atoms with Gasteiger partial charge in [-0.1, -0.05) is 30.0 Å². The van der Waals surface area contributed by atoms with E-state index in [1.54, 1.807) is 6.20 Å². The number of hydrogen-bond donors (Lipinski definition) is 2. The standard InChI is InChI=1S/C16H11N3OS2/c17-15-13(16-18-5-6-21-16)14(20)12(22-15)7-9-8-19-11-4-2-1-3-10(9)11/h1-8,13,17,19H. The zero-order valence-corrected chi connectivity index (χ0v) is 13.0. The van der Waals surface area contributed by atoms with Gasteiger partial charge in [0.1, 0.15) is 10.9 Å². The third-order valence-corrected chi connectivity index (χ3v) is 5.43. The van der Waals surface area contributed by atoms with Crippen LogP contribution in [0.2, 0.25) is 0 Å². The van der Waals surface area contributed by atoms with Crippen LogP contribution < -0.4 is 0 Å². The van der Waals surface area contributed by atoms with Gasteiger partial charge in [0.05, 0.1) is 9.95 Å². The first-order chi connectivity index (χ1) is 10.7. The molecule has 2 N–H and O–H groups in total. The number of aromatic nitrogens is 2. The second-order valence-corrected chi connectivity index (χ2v) is 6.94. The molecule has 3 heterocycles. The number of para-hydroxylation sites is 1. The number of H-pyrrole nitrogens is 1. The number of fused-ring (bicyclic) bond motifs is 1. The maximum absolute atomic E-state index is 12.6. The molecule has 1 unspecified atom stereocenters. The molecule has 4 rings (SSSR count). The van der Waals surface area contributed by atoms with Crippen LogP contribution in [0.5, 0.6) is 0 Å². The number of Topliss-reactive ketones (excluding diaryl/α,β-unsaturated/α-hetero) is 1. The predicted molar refractivity (Wildman–Crippen MR) is 91.5 cm³/mol. The second kappa shape index (κ2) is 5.23. The Balaban J connectivity index is 1.74. The number of thioether (sulfide) groups is 1. The molecule has 0 amide bonds. The molecule has 6 heteroatoms. The van der Waals surface area contributed by atoms with Crippen LogP contribution in [0.25, 0.3) is 17.0 Å². The minimum atomic E-state index is -0.526. The summed E-state index contributed by atoms with van der Waals surface area (Å²) in [4.78, 5) is 20.6. The van der Waals surface area contributed by atoms with Gasteiger partial charge in [-0.3, -0.25) is 10.2 Å². The summed E-state index contributed by atoms with van der Waals surface area (Å²) >= 11 is 2.66. The number of allylic oxidation sites excluding steroid dienone is 1.